The van der Waals surface area contributed by atoms with Gasteiger partial charge in [-0.2, -0.15) is 39.5 Å². The van der Waals surface area contributed by atoms with Gasteiger partial charge in [0.05, 0.1) is 6.33 Å². The van der Waals surface area contributed by atoms with Crippen molar-refractivity contribution in [3.05, 3.63) is 84.0 Å². The molecule has 1 aromatic carbocycles. The van der Waals surface area contributed by atoms with Gasteiger partial charge >= 0.3 is 36.4 Å². The summed E-state index contributed by atoms with van der Waals surface area (Å²) in [6, 6.07) is 11.6. The van der Waals surface area contributed by atoms with Crippen LogP contribution in [0.2, 0.25) is 0 Å². The molecule has 13 nitrogen and oxygen atoms in total. The zero-order chi connectivity index (χ0) is 38.7. The molecule has 0 aliphatic heterocycles. The molecule has 50 heavy (non-hydrogen) atoms. The van der Waals surface area contributed by atoms with E-state index in [0.717, 1.165) is 29.8 Å². The fraction of sp³-hybridized carbons (Fsp3) is 0.296. The van der Waals surface area contributed by atoms with Gasteiger partial charge < -0.3 is 26.0 Å². The van der Waals surface area contributed by atoms with Crippen molar-refractivity contribution in [1.29, 1.82) is 0 Å². The van der Waals surface area contributed by atoms with Gasteiger partial charge in [-0.1, -0.05) is 18.2 Å². The predicted molar refractivity (Wildman–Crippen MR) is 150 cm³/mol. The molecule has 7 N–H and O–H groups in total. The number of nitrogens with zero attached hydrogens (tertiary/aromatic N) is 3. The Bertz CT molecular complexity index is 1460. The molecule has 0 fully saturated rings. The maximum Gasteiger partial charge on any atom is 0.490 e. The number of carbonyl (C=O) groups excluding carboxylic acids is 1. The number of pyridine rings is 1. The molecule has 0 saturated heterocycles. The summed E-state index contributed by atoms with van der Waals surface area (Å²) in [5.74, 6) is -9.11. The van der Waals surface area contributed by atoms with Crippen LogP contribution in [0.4, 0.5) is 43.9 Å². The summed E-state index contributed by atoms with van der Waals surface area (Å²) in [6.45, 7) is 0.493. The van der Waals surface area contributed by atoms with Crippen LogP contribution in [-0.2, 0) is 25.6 Å². The Morgan fingerprint density at radius 3 is 1.74 bits per heavy atom. The fourth-order valence-corrected chi connectivity index (χ4v) is 2.98. The van der Waals surface area contributed by atoms with Crippen LogP contribution < -0.4 is 11.1 Å². The smallest absolute Gasteiger partial charge is 0.475 e. The third-order valence-electron chi connectivity index (χ3n) is 5.14. The molecule has 0 bridgehead atoms. The maximum absolute atomic E-state index is 13.3. The van der Waals surface area contributed by atoms with Crippen molar-refractivity contribution in [2.24, 2.45) is 10.7 Å². The van der Waals surface area contributed by atoms with E-state index in [1.54, 1.807) is 36.9 Å². The van der Waals surface area contributed by atoms with Crippen LogP contribution in [0, 0.1) is 5.82 Å². The number of carboxylic acid groups (broad SMARTS) is 3. The first kappa shape index (κ1) is 44.2. The van der Waals surface area contributed by atoms with Gasteiger partial charge in [0.15, 0.2) is 5.96 Å². The molecule has 3 rings (SSSR count). The largest absolute Gasteiger partial charge is 0.490 e. The van der Waals surface area contributed by atoms with Gasteiger partial charge in [-0.3, -0.25) is 20.1 Å². The van der Waals surface area contributed by atoms with E-state index in [9.17, 15) is 48.7 Å². The summed E-state index contributed by atoms with van der Waals surface area (Å²) in [6.07, 6.45) is -8.48. The molecule has 1 amide bonds. The molecule has 3 aromatic rings. The quantitative estimate of drug-likeness (QED) is 0.0827. The van der Waals surface area contributed by atoms with Gasteiger partial charge in [0, 0.05) is 42.7 Å². The first-order valence-corrected chi connectivity index (χ1v) is 13.1. The molecular formula is C27H26F10N6O7. The Morgan fingerprint density at radius 2 is 1.34 bits per heavy atom. The summed E-state index contributed by atoms with van der Waals surface area (Å²) < 4.78 is 109. The average molecular weight is 737 g/mol. The minimum absolute atomic E-state index is 0.0819. The normalized spacial score (nSPS) is 12.0. The van der Waals surface area contributed by atoms with E-state index in [1.165, 1.54) is 12.1 Å². The first-order valence-electron chi connectivity index (χ1n) is 13.1. The Labute approximate surface area is 273 Å². The molecule has 0 aliphatic rings. The number of imidazole rings is 1. The maximum atomic E-state index is 13.3. The molecule has 0 spiro atoms. The van der Waals surface area contributed by atoms with Crippen LogP contribution in [0.25, 0.3) is 0 Å². The van der Waals surface area contributed by atoms with Crippen LogP contribution >= 0.6 is 0 Å². The number of alkyl halides is 9. The second-order valence-corrected chi connectivity index (χ2v) is 8.97. The Morgan fingerprint density at radius 1 is 0.840 bits per heavy atom. The highest BCUT2D eigenvalue weighted by Crippen LogP contribution is 2.26. The number of hydrogen-bond acceptors (Lipinski definition) is 7. The number of benzene rings is 1. The standard InChI is InChI=1S/C21H23FN6O.3C2HF3O2/c22-16-8-6-15(7-9-16)18(19-5-1-2-10-25-19)12-20(29)28-21(23)26-11-3-4-17-13-24-14-27-17;3*3-2(4,5)1(6)7/h1-2,5-10,13-14,18H,3-4,11-12H2,(H,24,27)(H3,23,26,28,29);3*(H,6,7). The molecule has 276 valence electrons. The first-order chi connectivity index (χ1) is 22.9. The number of carbonyl (C=O) groups is 4. The zero-order valence-electron chi connectivity index (χ0n) is 24.9. The van der Waals surface area contributed by atoms with Crippen molar-refractivity contribution in [3.63, 3.8) is 0 Å². The van der Waals surface area contributed by atoms with E-state index in [2.05, 4.69) is 25.3 Å². The number of halogens is 10. The molecule has 2 aromatic heterocycles. The SMILES string of the molecule is NC(=NCCCc1cnc[nH]1)NC(=O)CC(c1ccc(F)cc1)c1ccccn1.O=C(O)C(F)(F)F.O=C(O)C(F)(F)F.O=C(O)C(F)(F)F. The van der Waals surface area contributed by atoms with E-state index >= 15 is 0 Å². The van der Waals surface area contributed by atoms with Crippen LogP contribution in [-0.4, -0.2) is 85.1 Å². The van der Waals surface area contributed by atoms with E-state index in [-0.39, 0.29) is 30.0 Å². The molecule has 0 aliphatic carbocycles. The van der Waals surface area contributed by atoms with Crippen molar-refractivity contribution in [1.82, 2.24) is 20.3 Å². The van der Waals surface area contributed by atoms with Gasteiger partial charge in [0.2, 0.25) is 5.91 Å². The lowest BCUT2D eigenvalue weighted by molar-refractivity contribution is -0.193. The number of aromatic nitrogens is 3. The lowest BCUT2D eigenvalue weighted by Crippen LogP contribution is -2.37. The highest BCUT2D eigenvalue weighted by Gasteiger charge is 2.39. The lowest BCUT2D eigenvalue weighted by Gasteiger charge is -2.16. The number of rotatable bonds is 8. The topological polar surface area (TPSA) is 221 Å². The van der Waals surface area contributed by atoms with E-state index in [1.807, 2.05) is 12.1 Å². The number of guanidine groups is 1. The zero-order valence-corrected chi connectivity index (χ0v) is 24.9. The highest BCUT2D eigenvalue weighted by molar-refractivity contribution is 5.96. The number of aryl methyl sites for hydroxylation is 1. The Balaban J connectivity index is 0.000000928. The molecule has 1 atom stereocenters. The minimum atomic E-state index is -5.08. The van der Waals surface area contributed by atoms with Gasteiger partial charge in [0.25, 0.3) is 0 Å². The molecule has 0 saturated carbocycles. The number of aromatic amines is 1. The minimum Gasteiger partial charge on any atom is -0.475 e. The van der Waals surface area contributed by atoms with Crippen molar-refractivity contribution in [2.75, 3.05) is 6.54 Å². The van der Waals surface area contributed by atoms with Crippen LogP contribution in [0.1, 0.15) is 35.7 Å². The fourth-order valence-electron chi connectivity index (χ4n) is 2.98. The number of nitrogens with one attached hydrogen (secondary N) is 2. The molecule has 2 heterocycles. The van der Waals surface area contributed by atoms with Gasteiger partial charge in [-0.25, -0.2) is 23.8 Å². The third kappa shape index (κ3) is 19.8. The number of nitrogens with two attached hydrogens (primary N) is 1. The summed E-state index contributed by atoms with van der Waals surface area (Å²) in [5.41, 5.74) is 8.40. The van der Waals surface area contributed by atoms with E-state index in [4.69, 9.17) is 35.4 Å². The van der Waals surface area contributed by atoms with E-state index in [0.29, 0.717) is 6.54 Å². The van der Waals surface area contributed by atoms with Crippen molar-refractivity contribution in [3.8, 4) is 0 Å². The number of hydrogen-bond donors (Lipinski definition) is 6. The van der Waals surface area contributed by atoms with Crippen LogP contribution in [0.15, 0.2) is 66.2 Å². The van der Waals surface area contributed by atoms with Crippen molar-refractivity contribution in [2.45, 2.75) is 43.7 Å². The number of aliphatic carboxylic acids is 3. The molecule has 0 radical (unpaired) electrons. The van der Waals surface area contributed by atoms with Crippen molar-refractivity contribution < 1.29 is 78.4 Å². The second-order valence-electron chi connectivity index (χ2n) is 8.97. The number of carboxylic acids is 3. The molecule has 23 heteroatoms. The average Bonchev–Trinajstić information content (AvgIpc) is 3.52. The van der Waals surface area contributed by atoms with Gasteiger partial charge in [-0.05, 0) is 42.7 Å². The number of amides is 1. The summed E-state index contributed by atoms with van der Waals surface area (Å²) in [4.78, 5) is 54.7. The number of aliphatic imine (C=N–C) groups is 1. The molecule has 1 unspecified atom stereocenters. The highest BCUT2D eigenvalue weighted by atomic mass is 19.4. The van der Waals surface area contributed by atoms with Crippen molar-refractivity contribution >= 4 is 29.8 Å². The summed E-state index contributed by atoms with van der Waals surface area (Å²) in [5, 5.41) is 24.0. The third-order valence-corrected chi connectivity index (χ3v) is 5.14. The van der Waals surface area contributed by atoms with Gasteiger partial charge in [0.1, 0.15) is 5.82 Å². The van der Waals surface area contributed by atoms with Gasteiger partial charge in [-0.15, -0.1) is 0 Å². The number of H-pyrrole nitrogens is 1. The summed E-state index contributed by atoms with van der Waals surface area (Å²) in [7, 11) is 0. The Hall–Kier alpha value is -5.77. The van der Waals surface area contributed by atoms with Crippen LogP contribution in [0.3, 0.4) is 0 Å². The Kier molecular flexibility index (Phi) is 18.2. The van der Waals surface area contributed by atoms with E-state index < -0.39 is 36.4 Å². The summed E-state index contributed by atoms with van der Waals surface area (Å²) >= 11 is 0. The monoisotopic (exact) mass is 736 g/mol. The lowest BCUT2D eigenvalue weighted by atomic mass is 9.91. The predicted octanol–water partition coefficient (Wildman–Crippen LogP) is 4.43. The molecular weight excluding hydrogens is 710 g/mol. The second kappa shape index (κ2) is 20.6. The van der Waals surface area contributed by atoms with Crippen LogP contribution in [0.5, 0.6) is 0 Å².